The number of piperazine rings is 1. The van der Waals surface area contributed by atoms with Crippen LogP contribution in [0.25, 0.3) is 11.1 Å². The molecule has 204 valence electrons. The molecule has 3 fully saturated rings. The van der Waals surface area contributed by atoms with E-state index in [1.165, 1.54) is 12.1 Å². The van der Waals surface area contributed by atoms with Crippen LogP contribution in [-0.2, 0) is 0 Å². The number of aromatic carboxylic acids is 1. The van der Waals surface area contributed by atoms with Gasteiger partial charge in [0.15, 0.2) is 5.82 Å². The minimum absolute atomic E-state index is 0.0751. The number of aryl methyl sites for hydroxylation is 1. The van der Waals surface area contributed by atoms with E-state index in [1.807, 2.05) is 0 Å². The van der Waals surface area contributed by atoms with Crippen molar-refractivity contribution in [2.75, 3.05) is 22.1 Å². The monoisotopic (exact) mass is 537 g/mol. The van der Waals surface area contributed by atoms with E-state index in [9.17, 15) is 19.1 Å². The van der Waals surface area contributed by atoms with Crippen molar-refractivity contribution in [3.05, 3.63) is 59.4 Å². The van der Waals surface area contributed by atoms with E-state index >= 15 is 4.39 Å². The van der Waals surface area contributed by atoms with Crippen molar-refractivity contribution in [3.8, 4) is 11.1 Å². The summed E-state index contributed by atoms with van der Waals surface area (Å²) < 4.78 is 35.1. The van der Waals surface area contributed by atoms with Crippen LogP contribution in [0.15, 0.2) is 40.9 Å². The number of anilines is 3. The number of carbonyl (C=O) groups excluding carboxylic acids is 1. The maximum Gasteiger partial charge on any atom is 0.336 e. The second kappa shape index (κ2) is 9.33. The number of carboxylic acid groups (broad SMARTS) is 1. The summed E-state index contributed by atoms with van der Waals surface area (Å²) in [6.45, 7) is 4.38. The third-order valence-electron chi connectivity index (χ3n) is 8.24. The van der Waals surface area contributed by atoms with Gasteiger partial charge in [0.05, 0.1) is 16.9 Å². The van der Waals surface area contributed by atoms with Crippen molar-refractivity contribution >= 4 is 29.2 Å². The molecule has 2 aliphatic carbocycles. The van der Waals surface area contributed by atoms with E-state index in [4.69, 9.17) is 4.52 Å². The number of nitrogens with one attached hydrogen (secondary N) is 3. The Hall–Kier alpha value is -3.99. The summed E-state index contributed by atoms with van der Waals surface area (Å²) in [4.78, 5) is 27.1. The molecule has 0 radical (unpaired) electrons. The fraction of sp³-hybridized carbons (Fsp3) is 0.393. The predicted molar refractivity (Wildman–Crippen MR) is 141 cm³/mol. The average molecular weight is 538 g/mol. The molecule has 2 bridgehead atoms. The zero-order chi connectivity index (χ0) is 27.5. The lowest BCUT2D eigenvalue weighted by Gasteiger charge is -2.51. The van der Waals surface area contributed by atoms with E-state index < -0.39 is 23.6 Å². The number of carboxylic acids is 1. The number of carbonyl (C=O) groups is 2. The number of aromatic nitrogens is 1. The number of hydrogen-bond acceptors (Lipinski definition) is 6. The Balaban J connectivity index is 1.45. The molecule has 4 atom stereocenters. The Morgan fingerprint density at radius 1 is 1.18 bits per heavy atom. The van der Waals surface area contributed by atoms with Gasteiger partial charge in [0.2, 0.25) is 0 Å². The standard InChI is InChI=1S/C28H29F2N5O4/c1-14-13-35(24-8-16-5-6-28(24,12-16)33-14)23-11-21(30)20(19-9-17(29)3-4-18(19)26(36)37)10-22(23)31-27(38)32-25-7-15(2)39-34-25/h3-4,7,9-11,14,16,24,33H,5-6,8,12-13H2,1-2H3,(H,36,37)(H2,31,32,34,38)/t14?,16-,24?,28+/m1/s1. The molecule has 11 heteroatoms. The molecule has 3 aliphatic rings. The summed E-state index contributed by atoms with van der Waals surface area (Å²) in [6, 6.07) is 6.97. The lowest BCUT2D eigenvalue weighted by atomic mass is 9.83. The van der Waals surface area contributed by atoms with Crippen molar-refractivity contribution < 1.29 is 28.0 Å². The minimum atomic E-state index is -1.32. The normalized spacial score (nSPS) is 25.4. The van der Waals surface area contributed by atoms with Crippen LogP contribution in [-0.4, -0.2) is 46.4 Å². The molecule has 2 amide bonds. The first-order valence-electron chi connectivity index (χ1n) is 13.0. The number of amides is 2. The summed E-state index contributed by atoms with van der Waals surface area (Å²) in [5.41, 5.74) is 0.188. The van der Waals surface area contributed by atoms with Gasteiger partial charge >= 0.3 is 12.0 Å². The van der Waals surface area contributed by atoms with Crippen LogP contribution < -0.4 is 20.9 Å². The molecule has 2 saturated carbocycles. The van der Waals surface area contributed by atoms with Crippen LogP contribution in [0.3, 0.4) is 0 Å². The highest BCUT2D eigenvalue weighted by Crippen LogP contribution is 2.53. The van der Waals surface area contributed by atoms with Gasteiger partial charge in [-0.3, -0.25) is 5.32 Å². The molecule has 9 nitrogen and oxygen atoms in total. The smallest absolute Gasteiger partial charge is 0.336 e. The molecular weight excluding hydrogens is 508 g/mol. The Kier molecular flexibility index (Phi) is 6.05. The third-order valence-corrected chi connectivity index (χ3v) is 8.24. The van der Waals surface area contributed by atoms with E-state index in [0.29, 0.717) is 23.9 Å². The second-order valence-corrected chi connectivity index (χ2v) is 11.0. The summed E-state index contributed by atoms with van der Waals surface area (Å²) in [7, 11) is 0. The SMILES string of the molecule is Cc1cc(NC(=O)Nc2cc(-c3cc(F)ccc3C(=O)O)c(F)cc2N2CC(C)N[C@]34CC[C@H](CC23)C4)no1. The first-order valence-corrected chi connectivity index (χ1v) is 13.0. The molecule has 2 unspecified atom stereocenters. The van der Waals surface area contributed by atoms with Gasteiger partial charge in [0.25, 0.3) is 0 Å². The van der Waals surface area contributed by atoms with Crippen LogP contribution in [0.2, 0.25) is 0 Å². The van der Waals surface area contributed by atoms with Gasteiger partial charge in [-0.05, 0) is 75.8 Å². The number of benzene rings is 2. The van der Waals surface area contributed by atoms with Crippen LogP contribution in [0.4, 0.5) is 30.8 Å². The number of urea groups is 1. The van der Waals surface area contributed by atoms with E-state index in [1.54, 1.807) is 13.0 Å². The van der Waals surface area contributed by atoms with Crippen molar-refractivity contribution in [3.63, 3.8) is 0 Å². The Bertz CT molecular complexity index is 1480. The molecule has 1 saturated heterocycles. The Morgan fingerprint density at radius 2 is 2.00 bits per heavy atom. The number of rotatable bonds is 5. The van der Waals surface area contributed by atoms with Crippen molar-refractivity contribution in [2.45, 2.75) is 57.2 Å². The lowest BCUT2D eigenvalue weighted by Crippen LogP contribution is -2.67. The van der Waals surface area contributed by atoms with Gasteiger partial charge in [0, 0.05) is 41.4 Å². The molecule has 1 aliphatic heterocycles. The highest BCUT2D eigenvalue weighted by molar-refractivity contribution is 6.03. The molecular formula is C28H29F2N5O4. The molecule has 1 aromatic heterocycles. The highest BCUT2D eigenvalue weighted by atomic mass is 19.1. The maximum atomic E-state index is 15.9. The second-order valence-electron chi connectivity index (χ2n) is 11.0. The Labute approximate surface area is 223 Å². The first kappa shape index (κ1) is 25.3. The number of fused-ring (bicyclic) bond motifs is 1. The van der Waals surface area contributed by atoms with Crippen molar-refractivity contribution in [1.82, 2.24) is 10.5 Å². The van der Waals surface area contributed by atoms with Gasteiger partial charge in [-0.25, -0.2) is 18.4 Å². The molecule has 39 heavy (non-hydrogen) atoms. The van der Waals surface area contributed by atoms with Crippen LogP contribution in [0.1, 0.15) is 48.7 Å². The topological polar surface area (TPSA) is 120 Å². The first-order chi connectivity index (χ1) is 18.6. The maximum absolute atomic E-state index is 15.9. The summed E-state index contributed by atoms with van der Waals surface area (Å²) in [5.74, 6) is -1.43. The zero-order valence-electron chi connectivity index (χ0n) is 21.6. The average Bonchev–Trinajstić information content (AvgIpc) is 3.57. The predicted octanol–water partition coefficient (Wildman–Crippen LogP) is 5.38. The van der Waals surface area contributed by atoms with E-state index in [0.717, 1.165) is 43.9 Å². The molecule has 2 aromatic carbocycles. The van der Waals surface area contributed by atoms with Crippen molar-refractivity contribution in [2.24, 2.45) is 5.92 Å². The summed E-state index contributed by atoms with van der Waals surface area (Å²) in [6.07, 6.45) is 4.20. The highest BCUT2D eigenvalue weighted by Gasteiger charge is 2.56. The van der Waals surface area contributed by atoms with Gasteiger partial charge in [-0.2, -0.15) is 0 Å². The largest absolute Gasteiger partial charge is 0.478 e. The van der Waals surface area contributed by atoms with E-state index in [2.05, 4.69) is 32.9 Å². The minimum Gasteiger partial charge on any atom is -0.478 e. The Morgan fingerprint density at radius 3 is 2.72 bits per heavy atom. The number of hydrogen-bond donors (Lipinski definition) is 4. The quantitative estimate of drug-likeness (QED) is 0.345. The summed E-state index contributed by atoms with van der Waals surface area (Å²) in [5, 5.41) is 22.7. The van der Waals surface area contributed by atoms with Gasteiger partial charge in [0.1, 0.15) is 17.4 Å². The van der Waals surface area contributed by atoms with Gasteiger partial charge < -0.3 is 25.2 Å². The van der Waals surface area contributed by atoms with Gasteiger partial charge in [-0.1, -0.05) is 5.16 Å². The molecule has 2 heterocycles. The van der Waals surface area contributed by atoms with E-state index in [-0.39, 0.29) is 45.8 Å². The third kappa shape index (κ3) is 4.50. The summed E-state index contributed by atoms with van der Waals surface area (Å²) >= 11 is 0. The van der Waals surface area contributed by atoms with Gasteiger partial charge in [-0.15, -0.1) is 0 Å². The van der Waals surface area contributed by atoms with Crippen LogP contribution >= 0.6 is 0 Å². The lowest BCUT2D eigenvalue weighted by molar-refractivity contribution is 0.0697. The molecule has 1 spiro atoms. The van der Waals surface area contributed by atoms with Crippen LogP contribution in [0, 0.1) is 24.5 Å². The number of nitrogens with zero attached hydrogens (tertiary/aromatic N) is 2. The van der Waals surface area contributed by atoms with Crippen molar-refractivity contribution in [1.29, 1.82) is 0 Å². The molecule has 6 rings (SSSR count). The fourth-order valence-corrected chi connectivity index (χ4v) is 6.83. The van der Waals surface area contributed by atoms with Crippen LogP contribution in [0.5, 0.6) is 0 Å². The zero-order valence-corrected chi connectivity index (χ0v) is 21.6. The number of halogens is 2. The molecule has 3 aromatic rings. The molecule has 4 N–H and O–H groups in total. The fourth-order valence-electron chi connectivity index (χ4n) is 6.83.